The van der Waals surface area contributed by atoms with Gasteiger partial charge in [0, 0.05) is 5.92 Å². The van der Waals surface area contributed by atoms with Crippen molar-refractivity contribution in [1.29, 1.82) is 0 Å². The van der Waals surface area contributed by atoms with Gasteiger partial charge in [-0.25, -0.2) is 9.29 Å². The maximum Gasteiger partial charge on any atom is 0.258 e. The Morgan fingerprint density at radius 2 is 1.59 bits per heavy atom. The standard InChI is InChI=1S/C35H27Cl2FN2O6/c1-46-28-17-19(8-16-27(28)41)7-15-26-23-13-14-24-29(31(43)39(30(24)42)21-5-3-2-4-6-21)25(23)18-34(36)32(44)40(33(45)35(26,34)37)22-11-9-20(38)10-12-22/h2-13,15-17,24-26,29,41H,14,18H2,1H3. The van der Waals surface area contributed by atoms with Crippen molar-refractivity contribution in [2.24, 2.45) is 23.7 Å². The molecule has 4 aliphatic rings. The molecule has 7 rings (SSSR count). The molecule has 3 fully saturated rings. The number of benzene rings is 3. The van der Waals surface area contributed by atoms with Crippen LogP contribution in [0.3, 0.4) is 0 Å². The number of fused-ring (bicyclic) bond motifs is 4. The largest absolute Gasteiger partial charge is 0.504 e. The van der Waals surface area contributed by atoms with Crippen LogP contribution in [-0.4, -0.2) is 45.6 Å². The number of rotatable bonds is 5. The molecule has 11 heteroatoms. The zero-order chi connectivity index (χ0) is 32.5. The predicted octanol–water partition coefficient (Wildman–Crippen LogP) is 5.85. The monoisotopic (exact) mass is 660 g/mol. The van der Waals surface area contributed by atoms with E-state index in [1.54, 1.807) is 54.6 Å². The van der Waals surface area contributed by atoms with Gasteiger partial charge in [-0.1, -0.05) is 48.1 Å². The number of phenols is 1. The van der Waals surface area contributed by atoms with Crippen molar-refractivity contribution < 1.29 is 33.4 Å². The van der Waals surface area contributed by atoms with Gasteiger partial charge in [0.1, 0.15) is 5.82 Å². The maximum atomic E-state index is 14.3. The average Bonchev–Trinajstić information content (AvgIpc) is 3.40. The fourth-order valence-corrected chi connectivity index (χ4v) is 8.37. The summed E-state index contributed by atoms with van der Waals surface area (Å²) < 4.78 is 19.1. The number of amides is 4. The molecule has 0 bridgehead atoms. The van der Waals surface area contributed by atoms with Gasteiger partial charge in [-0.05, 0) is 72.9 Å². The number of carbonyl (C=O) groups is 4. The first-order chi connectivity index (χ1) is 22.0. The number of allylic oxidation sites excluding steroid dienone is 3. The van der Waals surface area contributed by atoms with E-state index in [0.29, 0.717) is 16.8 Å². The molecule has 0 aromatic heterocycles. The van der Waals surface area contributed by atoms with Crippen LogP contribution in [0.2, 0.25) is 0 Å². The van der Waals surface area contributed by atoms with Crippen LogP contribution in [0, 0.1) is 29.5 Å². The molecule has 3 aromatic rings. The van der Waals surface area contributed by atoms with Crippen molar-refractivity contribution in [2.45, 2.75) is 22.6 Å². The normalized spacial score (nSPS) is 30.4. The molecule has 4 amide bonds. The highest BCUT2D eigenvalue weighted by Crippen LogP contribution is 2.63. The van der Waals surface area contributed by atoms with E-state index < -0.39 is 57.0 Å². The van der Waals surface area contributed by atoms with Gasteiger partial charge in [0.2, 0.25) is 11.8 Å². The molecule has 8 nitrogen and oxygen atoms in total. The van der Waals surface area contributed by atoms with Crippen LogP contribution in [0.15, 0.2) is 90.5 Å². The lowest BCUT2D eigenvalue weighted by atomic mass is 9.57. The van der Waals surface area contributed by atoms with E-state index in [1.807, 2.05) is 6.08 Å². The zero-order valence-electron chi connectivity index (χ0n) is 24.4. The lowest BCUT2D eigenvalue weighted by Crippen LogP contribution is -2.60. The van der Waals surface area contributed by atoms with Gasteiger partial charge >= 0.3 is 0 Å². The first kappa shape index (κ1) is 30.2. The molecule has 3 aromatic carbocycles. The molecular formula is C35H27Cl2FN2O6. The molecule has 2 saturated heterocycles. The van der Waals surface area contributed by atoms with Crippen LogP contribution >= 0.6 is 23.2 Å². The van der Waals surface area contributed by atoms with Crippen LogP contribution < -0.4 is 14.5 Å². The Labute approximate surface area is 273 Å². The van der Waals surface area contributed by atoms with Crippen molar-refractivity contribution in [1.82, 2.24) is 0 Å². The number of aromatic hydroxyl groups is 1. The number of para-hydroxylation sites is 1. The first-order valence-corrected chi connectivity index (χ1v) is 15.5. The Bertz CT molecular complexity index is 1860. The summed E-state index contributed by atoms with van der Waals surface area (Å²) in [4.78, 5) is 54.4. The lowest BCUT2D eigenvalue weighted by Gasteiger charge is -2.49. The minimum Gasteiger partial charge on any atom is -0.504 e. The maximum absolute atomic E-state index is 14.3. The Hall–Kier alpha value is -4.47. The van der Waals surface area contributed by atoms with Gasteiger partial charge in [-0.2, -0.15) is 0 Å². The van der Waals surface area contributed by atoms with Crippen LogP contribution in [0.1, 0.15) is 18.4 Å². The second-order valence-electron chi connectivity index (χ2n) is 11.9. The molecule has 6 atom stereocenters. The number of hydrogen-bond donors (Lipinski definition) is 1. The number of nitrogens with zero attached hydrogens (tertiary/aromatic N) is 2. The molecular weight excluding hydrogens is 634 g/mol. The summed E-state index contributed by atoms with van der Waals surface area (Å²) in [6, 6.07) is 18.2. The third-order valence-electron chi connectivity index (χ3n) is 9.65. The predicted molar refractivity (Wildman–Crippen MR) is 170 cm³/mol. The second-order valence-corrected chi connectivity index (χ2v) is 13.2. The Morgan fingerprint density at radius 3 is 2.28 bits per heavy atom. The van der Waals surface area contributed by atoms with E-state index >= 15 is 0 Å². The van der Waals surface area contributed by atoms with E-state index in [9.17, 15) is 28.7 Å². The fourth-order valence-electron chi connectivity index (χ4n) is 7.48. The van der Waals surface area contributed by atoms with E-state index in [2.05, 4.69) is 0 Å². The smallest absolute Gasteiger partial charge is 0.258 e. The molecule has 234 valence electrons. The van der Waals surface area contributed by atoms with Crippen LogP contribution in [0.25, 0.3) is 6.08 Å². The summed E-state index contributed by atoms with van der Waals surface area (Å²) in [6.07, 6.45) is 5.25. The summed E-state index contributed by atoms with van der Waals surface area (Å²) in [7, 11) is 1.42. The molecule has 0 spiro atoms. The SMILES string of the molecule is COc1cc(C=CC2C3=CCC4C(=O)N(c5ccccc5)C(=O)C4C3CC3(Cl)C(=O)N(c4ccc(F)cc4)C(=O)C23Cl)ccc1O. The van der Waals surface area contributed by atoms with Gasteiger partial charge in [0.05, 0.1) is 30.3 Å². The number of halogens is 3. The average molecular weight is 662 g/mol. The number of imide groups is 2. The molecule has 1 saturated carbocycles. The lowest BCUT2D eigenvalue weighted by molar-refractivity contribution is -0.125. The quantitative estimate of drug-likeness (QED) is 0.209. The number of carbonyl (C=O) groups excluding carboxylic acids is 4. The van der Waals surface area contributed by atoms with Crippen LogP contribution in [0.5, 0.6) is 11.5 Å². The number of alkyl halides is 2. The van der Waals surface area contributed by atoms with Gasteiger partial charge < -0.3 is 9.84 Å². The van der Waals surface area contributed by atoms with E-state index in [-0.39, 0.29) is 35.9 Å². The molecule has 1 N–H and O–H groups in total. The van der Waals surface area contributed by atoms with Gasteiger partial charge in [-0.15, -0.1) is 23.2 Å². The van der Waals surface area contributed by atoms with Crippen molar-refractivity contribution >= 4 is 64.3 Å². The summed E-state index contributed by atoms with van der Waals surface area (Å²) in [5, 5.41) is 10.1. The Kier molecular flexibility index (Phi) is 7.10. The number of phenolic OH excluding ortho intramolecular Hbond substituents is 1. The Balaban J connectivity index is 1.36. The topological polar surface area (TPSA) is 104 Å². The summed E-state index contributed by atoms with van der Waals surface area (Å²) in [5.74, 6) is -5.90. The van der Waals surface area contributed by atoms with Crippen molar-refractivity contribution in [2.75, 3.05) is 16.9 Å². The van der Waals surface area contributed by atoms with Crippen molar-refractivity contribution in [3.8, 4) is 11.5 Å². The third kappa shape index (κ3) is 4.18. The number of methoxy groups -OCH3 is 1. The highest BCUT2D eigenvalue weighted by Gasteiger charge is 2.76. The Morgan fingerprint density at radius 1 is 0.891 bits per heavy atom. The third-order valence-corrected chi connectivity index (χ3v) is 11.1. The number of hydrogen-bond acceptors (Lipinski definition) is 6. The molecule has 2 aliphatic carbocycles. The first-order valence-electron chi connectivity index (χ1n) is 14.7. The number of anilines is 2. The highest BCUT2D eigenvalue weighted by molar-refractivity contribution is 6.58. The molecule has 2 heterocycles. The van der Waals surface area contributed by atoms with Gasteiger partial charge in [-0.3, -0.25) is 24.1 Å². The van der Waals surface area contributed by atoms with Crippen LogP contribution in [0.4, 0.5) is 15.8 Å². The summed E-state index contributed by atoms with van der Waals surface area (Å²) in [6.45, 7) is 0. The minimum absolute atomic E-state index is 0.0640. The fraction of sp³-hybridized carbons (Fsp3) is 0.257. The molecule has 2 aliphatic heterocycles. The molecule has 0 radical (unpaired) electrons. The van der Waals surface area contributed by atoms with E-state index in [1.165, 1.54) is 30.2 Å². The summed E-state index contributed by atoms with van der Waals surface area (Å²) in [5.41, 5.74) is 1.78. The van der Waals surface area contributed by atoms with E-state index in [0.717, 1.165) is 17.0 Å². The van der Waals surface area contributed by atoms with Gasteiger partial charge in [0.15, 0.2) is 21.2 Å². The van der Waals surface area contributed by atoms with Crippen molar-refractivity contribution in [3.05, 3.63) is 102 Å². The highest BCUT2D eigenvalue weighted by atomic mass is 35.5. The van der Waals surface area contributed by atoms with Gasteiger partial charge in [0.25, 0.3) is 11.8 Å². The molecule has 6 unspecified atom stereocenters. The van der Waals surface area contributed by atoms with Crippen molar-refractivity contribution in [3.63, 3.8) is 0 Å². The number of ether oxygens (including phenoxy) is 1. The molecule has 46 heavy (non-hydrogen) atoms. The zero-order valence-corrected chi connectivity index (χ0v) is 25.9. The second kappa shape index (κ2) is 10.8. The van der Waals surface area contributed by atoms with Crippen LogP contribution in [-0.2, 0) is 19.2 Å². The minimum atomic E-state index is -2.03. The summed E-state index contributed by atoms with van der Waals surface area (Å²) >= 11 is 14.7. The van der Waals surface area contributed by atoms with E-state index in [4.69, 9.17) is 27.9 Å².